The second-order valence-corrected chi connectivity index (χ2v) is 6.38. The highest BCUT2D eigenvalue weighted by molar-refractivity contribution is 7.09. The SMILES string of the molecule is Cc1csc(CCCNC(=O)c2cc(C(C)C)nc(N)n2)n1. The molecule has 0 spiro atoms. The summed E-state index contributed by atoms with van der Waals surface area (Å²) in [4.78, 5) is 24.6. The van der Waals surface area contributed by atoms with Gasteiger partial charge in [0.1, 0.15) is 5.69 Å². The average Bonchev–Trinajstić information content (AvgIpc) is 2.88. The van der Waals surface area contributed by atoms with Gasteiger partial charge in [0.2, 0.25) is 5.95 Å². The van der Waals surface area contributed by atoms with Crippen LogP contribution in [0.15, 0.2) is 11.4 Å². The summed E-state index contributed by atoms with van der Waals surface area (Å²) in [6, 6.07) is 1.69. The Balaban J connectivity index is 1.87. The summed E-state index contributed by atoms with van der Waals surface area (Å²) < 4.78 is 0. The van der Waals surface area contributed by atoms with Gasteiger partial charge in [-0.25, -0.2) is 15.0 Å². The topological polar surface area (TPSA) is 93.8 Å². The van der Waals surface area contributed by atoms with Crippen molar-refractivity contribution in [1.29, 1.82) is 0 Å². The van der Waals surface area contributed by atoms with Crippen LogP contribution in [0.5, 0.6) is 0 Å². The van der Waals surface area contributed by atoms with Crippen LogP contribution in [0, 0.1) is 6.92 Å². The summed E-state index contributed by atoms with van der Waals surface area (Å²) in [5.41, 5.74) is 7.80. The van der Waals surface area contributed by atoms with Crippen LogP contribution < -0.4 is 11.1 Å². The Morgan fingerprint density at radius 3 is 2.77 bits per heavy atom. The molecule has 0 aliphatic heterocycles. The fourth-order valence-corrected chi connectivity index (χ4v) is 2.77. The largest absolute Gasteiger partial charge is 0.368 e. The van der Waals surface area contributed by atoms with E-state index in [4.69, 9.17) is 5.73 Å². The predicted octanol–water partition coefficient (Wildman–Crippen LogP) is 2.31. The maximum atomic E-state index is 12.1. The van der Waals surface area contributed by atoms with Gasteiger partial charge in [-0.05, 0) is 25.3 Å². The molecule has 0 aliphatic rings. The van der Waals surface area contributed by atoms with Crippen LogP contribution in [0.25, 0.3) is 0 Å². The number of nitrogen functional groups attached to an aromatic ring is 1. The second-order valence-electron chi connectivity index (χ2n) is 5.43. The Labute approximate surface area is 134 Å². The number of nitrogens with one attached hydrogen (secondary N) is 1. The maximum absolute atomic E-state index is 12.1. The standard InChI is InChI=1S/C15H21N5OS/c1-9(2)11-7-12(20-15(16)19-11)14(21)17-6-4-5-13-18-10(3)8-22-13/h7-9H,4-6H2,1-3H3,(H,17,21)(H2,16,19,20). The zero-order valence-corrected chi connectivity index (χ0v) is 13.9. The second kappa shape index (κ2) is 7.31. The van der Waals surface area contributed by atoms with Crippen molar-refractivity contribution < 1.29 is 4.79 Å². The van der Waals surface area contributed by atoms with Gasteiger partial charge in [-0.1, -0.05) is 13.8 Å². The Morgan fingerprint density at radius 1 is 1.36 bits per heavy atom. The number of aryl methyl sites for hydroxylation is 2. The fourth-order valence-electron chi connectivity index (χ4n) is 1.95. The lowest BCUT2D eigenvalue weighted by molar-refractivity contribution is 0.0948. The lowest BCUT2D eigenvalue weighted by Gasteiger charge is -2.08. The molecule has 2 heterocycles. The third-order valence-electron chi connectivity index (χ3n) is 3.11. The minimum atomic E-state index is -0.216. The van der Waals surface area contributed by atoms with E-state index < -0.39 is 0 Å². The summed E-state index contributed by atoms with van der Waals surface area (Å²) in [5.74, 6) is 0.117. The first kappa shape index (κ1) is 16.4. The molecule has 7 heteroatoms. The van der Waals surface area contributed by atoms with Gasteiger partial charge in [0, 0.05) is 29.7 Å². The highest BCUT2D eigenvalue weighted by Gasteiger charge is 2.12. The van der Waals surface area contributed by atoms with Gasteiger partial charge in [0.25, 0.3) is 5.91 Å². The minimum Gasteiger partial charge on any atom is -0.368 e. The van der Waals surface area contributed by atoms with Gasteiger partial charge in [0.15, 0.2) is 0 Å². The van der Waals surface area contributed by atoms with Gasteiger partial charge >= 0.3 is 0 Å². The van der Waals surface area contributed by atoms with E-state index in [1.165, 1.54) is 0 Å². The van der Waals surface area contributed by atoms with Gasteiger partial charge in [-0.3, -0.25) is 4.79 Å². The first-order valence-corrected chi connectivity index (χ1v) is 8.17. The first-order valence-electron chi connectivity index (χ1n) is 7.29. The third-order valence-corrected chi connectivity index (χ3v) is 4.13. The molecule has 1 amide bonds. The molecule has 0 unspecified atom stereocenters. The summed E-state index contributed by atoms with van der Waals surface area (Å²) >= 11 is 1.65. The van der Waals surface area contributed by atoms with Gasteiger partial charge < -0.3 is 11.1 Å². The van der Waals surface area contributed by atoms with Crippen molar-refractivity contribution in [3.63, 3.8) is 0 Å². The van der Waals surface area contributed by atoms with Crippen LogP contribution in [0.1, 0.15) is 53.1 Å². The number of nitrogens with two attached hydrogens (primary N) is 1. The van der Waals surface area contributed by atoms with E-state index in [1.54, 1.807) is 17.4 Å². The van der Waals surface area contributed by atoms with E-state index in [9.17, 15) is 4.79 Å². The summed E-state index contributed by atoms with van der Waals surface area (Å²) in [5, 5.41) is 5.99. The van der Waals surface area contributed by atoms with Crippen molar-refractivity contribution in [1.82, 2.24) is 20.3 Å². The first-order chi connectivity index (χ1) is 10.5. The van der Waals surface area contributed by atoms with Gasteiger partial charge in [0.05, 0.1) is 5.01 Å². The molecule has 0 saturated carbocycles. The van der Waals surface area contributed by atoms with E-state index >= 15 is 0 Å². The van der Waals surface area contributed by atoms with Gasteiger partial charge in [-0.15, -0.1) is 11.3 Å². The van der Waals surface area contributed by atoms with Crippen molar-refractivity contribution >= 4 is 23.2 Å². The fraction of sp³-hybridized carbons (Fsp3) is 0.467. The predicted molar refractivity (Wildman–Crippen MR) is 88.0 cm³/mol. The van der Waals surface area contributed by atoms with Crippen molar-refractivity contribution in [3.05, 3.63) is 33.5 Å². The van der Waals surface area contributed by atoms with Crippen molar-refractivity contribution in [3.8, 4) is 0 Å². The average molecular weight is 319 g/mol. The van der Waals surface area contributed by atoms with Crippen LogP contribution in [0.2, 0.25) is 0 Å². The minimum absolute atomic E-state index is 0.134. The molecule has 0 atom stereocenters. The zero-order chi connectivity index (χ0) is 16.1. The van der Waals surface area contributed by atoms with Crippen molar-refractivity contribution in [2.75, 3.05) is 12.3 Å². The normalized spacial score (nSPS) is 10.9. The monoisotopic (exact) mass is 319 g/mol. The zero-order valence-electron chi connectivity index (χ0n) is 13.1. The Bertz CT molecular complexity index is 653. The number of amides is 1. The van der Waals surface area contributed by atoms with E-state index in [1.807, 2.05) is 26.2 Å². The molecular weight excluding hydrogens is 298 g/mol. The molecular formula is C15H21N5OS. The summed E-state index contributed by atoms with van der Waals surface area (Å²) in [6.45, 7) is 6.56. The van der Waals surface area contributed by atoms with Crippen LogP contribution in [-0.4, -0.2) is 27.4 Å². The van der Waals surface area contributed by atoms with E-state index in [0.717, 1.165) is 29.2 Å². The lowest BCUT2D eigenvalue weighted by Crippen LogP contribution is -2.26. The molecule has 2 rings (SSSR count). The Hall–Kier alpha value is -2.02. The number of hydrogen-bond donors (Lipinski definition) is 2. The number of thiazole rings is 1. The molecule has 0 aromatic carbocycles. The number of aromatic nitrogens is 3. The molecule has 3 N–H and O–H groups in total. The number of carbonyl (C=O) groups excluding carboxylic acids is 1. The summed E-state index contributed by atoms with van der Waals surface area (Å²) in [6.07, 6.45) is 1.71. The molecule has 0 aliphatic carbocycles. The maximum Gasteiger partial charge on any atom is 0.270 e. The molecule has 0 fully saturated rings. The Kier molecular flexibility index (Phi) is 5.43. The van der Waals surface area contributed by atoms with Crippen LogP contribution in [0.3, 0.4) is 0 Å². The summed E-state index contributed by atoms with van der Waals surface area (Å²) in [7, 11) is 0. The van der Waals surface area contributed by atoms with E-state index in [2.05, 4.69) is 20.3 Å². The lowest BCUT2D eigenvalue weighted by atomic mass is 10.1. The number of rotatable bonds is 6. The van der Waals surface area contributed by atoms with Crippen molar-refractivity contribution in [2.45, 2.75) is 39.5 Å². The van der Waals surface area contributed by atoms with Crippen molar-refractivity contribution in [2.24, 2.45) is 0 Å². The molecule has 0 radical (unpaired) electrons. The molecule has 2 aromatic heterocycles. The molecule has 6 nitrogen and oxygen atoms in total. The number of anilines is 1. The Morgan fingerprint density at radius 2 is 2.14 bits per heavy atom. The molecule has 22 heavy (non-hydrogen) atoms. The highest BCUT2D eigenvalue weighted by atomic mass is 32.1. The molecule has 0 bridgehead atoms. The molecule has 0 saturated heterocycles. The number of nitrogens with zero attached hydrogens (tertiary/aromatic N) is 3. The van der Waals surface area contributed by atoms with E-state index in [0.29, 0.717) is 12.2 Å². The molecule has 2 aromatic rings. The highest BCUT2D eigenvalue weighted by Crippen LogP contribution is 2.14. The van der Waals surface area contributed by atoms with Crippen LogP contribution >= 0.6 is 11.3 Å². The molecule has 118 valence electrons. The van der Waals surface area contributed by atoms with Crippen LogP contribution in [-0.2, 0) is 6.42 Å². The third kappa shape index (κ3) is 4.49. The van der Waals surface area contributed by atoms with Gasteiger partial charge in [-0.2, -0.15) is 0 Å². The smallest absolute Gasteiger partial charge is 0.270 e. The van der Waals surface area contributed by atoms with E-state index in [-0.39, 0.29) is 17.8 Å². The number of carbonyl (C=O) groups is 1. The number of hydrogen-bond acceptors (Lipinski definition) is 6. The van der Waals surface area contributed by atoms with Crippen LogP contribution in [0.4, 0.5) is 5.95 Å². The quantitative estimate of drug-likeness (QED) is 0.797.